The van der Waals surface area contributed by atoms with Gasteiger partial charge in [0.25, 0.3) is 11.5 Å². The van der Waals surface area contributed by atoms with E-state index in [0.29, 0.717) is 23.0 Å². The van der Waals surface area contributed by atoms with Gasteiger partial charge in [-0.2, -0.15) is 5.10 Å². The van der Waals surface area contributed by atoms with Crippen LogP contribution in [0.2, 0.25) is 0 Å². The van der Waals surface area contributed by atoms with Gasteiger partial charge >= 0.3 is 11.9 Å². The molecule has 172 valence electrons. The van der Waals surface area contributed by atoms with E-state index in [-0.39, 0.29) is 22.7 Å². The first-order valence-corrected chi connectivity index (χ1v) is 10.4. The van der Waals surface area contributed by atoms with Gasteiger partial charge in [-0.15, -0.1) is 0 Å². The molecule has 0 radical (unpaired) electrons. The minimum atomic E-state index is -0.820. The standard InChI is InChI=1S/C24H25N3O6/c1-14(2)12-27-22(29)18-8-6-5-7-17(18)21(26-27)24(31)33-13-20(28)25-19-11-16(23(30)32-4)10-9-15(19)3/h5-11,14H,12-13H2,1-4H3,(H,25,28). The number of esters is 2. The van der Waals surface area contributed by atoms with Crippen molar-refractivity contribution < 1.29 is 23.9 Å². The SMILES string of the molecule is COC(=O)c1ccc(C)c(NC(=O)COC(=O)c2nn(CC(C)C)c(=O)c3ccccc23)c1. The molecule has 0 aliphatic heterocycles. The summed E-state index contributed by atoms with van der Waals surface area (Å²) in [7, 11) is 1.27. The quantitative estimate of drug-likeness (QED) is 0.549. The van der Waals surface area contributed by atoms with Gasteiger partial charge in [-0.1, -0.05) is 38.1 Å². The lowest BCUT2D eigenvalue weighted by Gasteiger charge is -2.13. The first-order chi connectivity index (χ1) is 15.7. The number of anilines is 1. The Morgan fingerprint density at radius 3 is 2.42 bits per heavy atom. The summed E-state index contributed by atoms with van der Waals surface area (Å²) < 4.78 is 11.1. The predicted octanol–water partition coefficient (Wildman–Crippen LogP) is 2.94. The number of methoxy groups -OCH3 is 1. The maximum atomic E-state index is 12.8. The fourth-order valence-corrected chi connectivity index (χ4v) is 3.24. The van der Waals surface area contributed by atoms with Crippen LogP contribution < -0.4 is 10.9 Å². The molecule has 0 atom stereocenters. The number of hydrogen-bond acceptors (Lipinski definition) is 7. The zero-order valence-corrected chi connectivity index (χ0v) is 18.9. The Kier molecular flexibility index (Phi) is 7.22. The molecule has 0 aliphatic rings. The molecular formula is C24H25N3O6. The van der Waals surface area contributed by atoms with E-state index in [4.69, 9.17) is 4.74 Å². The van der Waals surface area contributed by atoms with Crippen molar-refractivity contribution in [2.75, 3.05) is 19.0 Å². The van der Waals surface area contributed by atoms with Gasteiger partial charge in [-0.25, -0.2) is 14.3 Å². The lowest BCUT2D eigenvalue weighted by atomic mass is 10.1. The van der Waals surface area contributed by atoms with Crippen LogP contribution in [0.3, 0.4) is 0 Å². The van der Waals surface area contributed by atoms with Crippen molar-refractivity contribution in [3.05, 3.63) is 69.6 Å². The average molecular weight is 451 g/mol. The molecule has 0 unspecified atom stereocenters. The normalized spacial score (nSPS) is 10.8. The number of aryl methyl sites for hydroxylation is 1. The summed E-state index contributed by atoms with van der Waals surface area (Å²) in [6.45, 7) is 5.39. The van der Waals surface area contributed by atoms with Crippen LogP contribution in [0.25, 0.3) is 10.8 Å². The van der Waals surface area contributed by atoms with E-state index >= 15 is 0 Å². The van der Waals surface area contributed by atoms with Gasteiger partial charge < -0.3 is 14.8 Å². The summed E-state index contributed by atoms with van der Waals surface area (Å²) in [5.41, 5.74) is 1.05. The molecule has 0 fully saturated rings. The van der Waals surface area contributed by atoms with Gasteiger partial charge in [-0.05, 0) is 36.6 Å². The van der Waals surface area contributed by atoms with Crippen molar-refractivity contribution in [1.29, 1.82) is 0 Å². The average Bonchev–Trinajstić information content (AvgIpc) is 2.80. The molecule has 1 aromatic heterocycles. The lowest BCUT2D eigenvalue weighted by Crippen LogP contribution is -2.29. The predicted molar refractivity (Wildman–Crippen MR) is 122 cm³/mol. The maximum absolute atomic E-state index is 12.8. The van der Waals surface area contributed by atoms with Crippen molar-refractivity contribution in [2.45, 2.75) is 27.3 Å². The number of rotatable bonds is 7. The summed E-state index contributed by atoms with van der Waals surface area (Å²) >= 11 is 0. The number of amides is 1. The zero-order valence-electron chi connectivity index (χ0n) is 18.9. The molecule has 3 aromatic rings. The van der Waals surface area contributed by atoms with Gasteiger partial charge in [0.1, 0.15) is 0 Å². The minimum Gasteiger partial charge on any atom is -0.465 e. The molecule has 0 spiro atoms. The molecule has 0 saturated heterocycles. The summed E-state index contributed by atoms with van der Waals surface area (Å²) in [4.78, 5) is 49.6. The highest BCUT2D eigenvalue weighted by atomic mass is 16.5. The van der Waals surface area contributed by atoms with E-state index in [9.17, 15) is 19.2 Å². The van der Waals surface area contributed by atoms with Crippen molar-refractivity contribution in [1.82, 2.24) is 9.78 Å². The second kappa shape index (κ2) is 10.1. The highest BCUT2D eigenvalue weighted by Gasteiger charge is 2.20. The van der Waals surface area contributed by atoms with E-state index in [1.165, 1.54) is 17.9 Å². The molecule has 9 nitrogen and oxygen atoms in total. The van der Waals surface area contributed by atoms with Gasteiger partial charge in [0, 0.05) is 17.6 Å². The third-order valence-corrected chi connectivity index (χ3v) is 4.87. The summed E-state index contributed by atoms with van der Waals surface area (Å²) in [5, 5.41) is 7.53. The van der Waals surface area contributed by atoms with Crippen LogP contribution >= 0.6 is 0 Å². The molecule has 9 heteroatoms. The van der Waals surface area contributed by atoms with Crippen LogP contribution in [0, 0.1) is 12.8 Å². The van der Waals surface area contributed by atoms with E-state index in [2.05, 4.69) is 15.2 Å². The van der Waals surface area contributed by atoms with Crippen LogP contribution in [0.5, 0.6) is 0 Å². The number of carbonyl (C=O) groups excluding carboxylic acids is 3. The van der Waals surface area contributed by atoms with Gasteiger partial charge in [0.2, 0.25) is 0 Å². The number of ether oxygens (including phenoxy) is 2. The number of nitrogens with zero attached hydrogens (tertiary/aromatic N) is 2. The lowest BCUT2D eigenvalue weighted by molar-refractivity contribution is -0.119. The Labute approximate surface area is 190 Å². The van der Waals surface area contributed by atoms with E-state index in [1.807, 2.05) is 13.8 Å². The van der Waals surface area contributed by atoms with Gasteiger partial charge in [-0.3, -0.25) is 9.59 Å². The highest BCUT2D eigenvalue weighted by Crippen LogP contribution is 2.18. The number of fused-ring (bicyclic) bond motifs is 1. The van der Waals surface area contributed by atoms with Crippen LogP contribution in [0.1, 0.15) is 40.3 Å². The Bertz CT molecular complexity index is 1280. The Hall–Kier alpha value is -4.01. The number of benzene rings is 2. The minimum absolute atomic E-state index is 0.0393. The largest absolute Gasteiger partial charge is 0.465 e. The second-order valence-corrected chi connectivity index (χ2v) is 7.92. The van der Waals surface area contributed by atoms with Crippen LogP contribution in [0.4, 0.5) is 5.69 Å². The monoisotopic (exact) mass is 451 g/mol. The molecule has 33 heavy (non-hydrogen) atoms. The molecule has 0 aliphatic carbocycles. The summed E-state index contributed by atoms with van der Waals surface area (Å²) in [5.74, 6) is -1.81. The van der Waals surface area contributed by atoms with Crippen molar-refractivity contribution in [3.63, 3.8) is 0 Å². The Morgan fingerprint density at radius 1 is 1.06 bits per heavy atom. The molecule has 2 aromatic carbocycles. The van der Waals surface area contributed by atoms with Crippen LogP contribution in [-0.4, -0.2) is 41.3 Å². The Balaban J connectivity index is 1.79. The molecule has 3 rings (SSSR count). The van der Waals surface area contributed by atoms with E-state index in [0.717, 1.165) is 5.56 Å². The first kappa shape index (κ1) is 23.6. The number of carbonyl (C=O) groups is 3. The molecule has 1 amide bonds. The molecule has 1 heterocycles. The summed E-state index contributed by atoms with van der Waals surface area (Å²) in [6.07, 6.45) is 0. The third-order valence-electron chi connectivity index (χ3n) is 4.87. The number of hydrogen-bond donors (Lipinski definition) is 1. The molecule has 0 saturated carbocycles. The topological polar surface area (TPSA) is 117 Å². The highest BCUT2D eigenvalue weighted by molar-refractivity contribution is 6.03. The molecule has 1 N–H and O–H groups in total. The van der Waals surface area contributed by atoms with E-state index in [1.54, 1.807) is 43.3 Å². The second-order valence-electron chi connectivity index (χ2n) is 7.92. The fraction of sp³-hybridized carbons (Fsp3) is 0.292. The maximum Gasteiger partial charge on any atom is 0.359 e. The number of aromatic nitrogens is 2. The van der Waals surface area contributed by atoms with Crippen LogP contribution in [-0.2, 0) is 20.8 Å². The summed E-state index contributed by atoms with van der Waals surface area (Å²) in [6, 6.07) is 11.4. The van der Waals surface area contributed by atoms with Gasteiger partial charge in [0.05, 0.1) is 18.1 Å². The van der Waals surface area contributed by atoms with Crippen molar-refractivity contribution in [3.8, 4) is 0 Å². The third kappa shape index (κ3) is 5.43. The zero-order chi connectivity index (χ0) is 24.1. The first-order valence-electron chi connectivity index (χ1n) is 10.4. The molecular weight excluding hydrogens is 426 g/mol. The molecule has 0 bridgehead atoms. The fourth-order valence-electron chi connectivity index (χ4n) is 3.24. The van der Waals surface area contributed by atoms with Crippen LogP contribution in [0.15, 0.2) is 47.3 Å². The van der Waals surface area contributed by atoms with Gasteiger partial charge in [0.15, 0.2) is 12.3 Å². The Morgan fingerprint density at radius 2 is 1.76 bits per heavy atom. The number of nitrogens with one attached hydrogen (secondary N) is 1. The van der Waals surface area contributed by atoms with Crippen molar-refractivity contribution in [2.24, 2.45) is 5.92 Å². The van der Waals surface area contributed by atoms with E-state index < -0.39 is 24.5 Å². The van der Waals surface area contributed by atoms with Crippen molar-refractivity contribution >= 4 is 34.3 Å². The smallest absolute Gasteiger partial charge is 0.359 e.